The van der Waals surface area contributed by atoms with Crippen LogP contribution in [0.2, 0.25) is 0 Å². The van der Waals surface area contributed by atoms with Crippen LogP contribution in [0.4, 0.5) is 4.39 Å². The molecule has 2 aromatic rings. The molecule has 0 fully saturated rings. The number of benzene rings is 2. The van der Waals surface area contributed by atoms with E-state index >= 15 is 0 Å². The van der Waals surface area contributed by atoms with E-state index in [4.69, 9.17) is 9.47 Å². The largest absolute Gasteiger partial charge is 0.497 e. The average Bonchev–Trinajstić information content (AvgIpc) is 2.61. The van der Waals surface area contributed by atoms with Crippen LogP contribution in [0.25, 0.3) is 0 Å². The van der Waals surface area contributed by atoms with Gasteiger partial charge in [-0.15, -0.1) is 0 Å². The monoisotopic (exact) mass is 331 g/mol. The first-order valence-electron chi connectivity index (χ1n) is 7.72. The number of halogens is 1. The van der Waals surface area contributed by atoms with Gasteiger partial charge in [-0.1, -0.05) is 12.1 Å². The molecule has 5 heteroatoms. The SMILES string of the molecule is COc1cc(CCC(=O)N(C)Cc2ccc(F)cc2)cc(OC)c1. The third-order valence-corrected chi connectivity index (χ3v) is 3.80. The topological polar surface area (TPSA) is 38.8 Å². The van der Waals surface area contributed by atoms with E-state index in [1.807, 2.05) is 12.1 Å². The molecular formula is C19H22FNO3. The van der Waals surface area contributed by atoms with Crippen LogP contribution >= 0.6 is 0 Å². The molecule has 0 aliphatic rings. The number of amides is 1. The van der Waals surface area contributed by atoms with Crippen LogP contribution in [0.1, 0.15) is 17.5 Å². The fraction of sp³-hybridized carbons (Fsp3) is 0.316. The first-order chi connectivity index (χ1) is 11.5. The number of methoxy groups -OCH3 is 2. The first-order valence-corrected chi connectivity index (χ1v) is 7.72. The summed E-state index contributed by atoms with van der Waals surface area (Å²) in [6, 6.07) is 11.8. The van der Waals surface area contributed by atoms with Crippen molar-refractivity contribution in [1.29, 1.82) is 0 Å². The number of rotatable bonds is 7. The molecule has 2 aromatic carbocycles. The minimum atomic E-state index is -0.278. The third-order valence-electron chi connectivity index (χ3n) is 3.80. The molecular weight excluding hydrogens is 309 g/mol. The number of ether oxygens (including phenoxy) is 2. The summed E-state index contributed by atoms with van der Waals surface area (Å²) >= 11 is 0. The molecule has 4 nitrogen and oxygen atoms in total. The van der Waals surface area contributed by atoms with Crippen molar-refractivity contribution in [3.63, 3.8) is 0 Å². The van der Waals surface area contributed by atoms with E-state index in [2.05, 4.69) is 0 Å². The van der Waals surface area contributed by atoms with Crippen LogP contribution in [-0.4, -0.2) is 32.1 Å². The molecule has 0 unspecified atom stereocenters. The first kappa shape index (κ1) is 17.8. The summed E-state index contributed by atoms with van der Waals surface area (Å²) in [5, 5.41) is 0. The smallest absolute Gasteiger partial charge is 0.222 e. The molecule has 0 heterocycles. The Morgan fingerprint density at radius 2 is 1.58 bits per heavy atom. The second kappa shape index (κ2) is 8.34. The predicted octanol–water partition coefficient (Wildman–Crippen LogP) is 3.43. The predicted molar refractivity (Wildman–Crippen MR) is 90.7 cm³/mol. The van der Waals surface area contributed by atoms with Crippen LogP contribution in [0.3, 0.4) is 0 Å². The van der Waals surface area contributed by atoms with Crippen molar-refractivity contribution in [2.75, 3.05) is 21.3 Å². The fourth-order valence-corrected chi connectivity index (χ4v) is 2.40. The lowest BCUT2D eigenvalue weighted by Crippen LogP contribution is -2.26. The van der Waals surface area contributed by atoms with E-state index in [1.165, 1.54) is 12.1 Å². The van der Waals surface area contributed by atoms with Gasteiger partial charge in [-0.05, 0) is 41.8 Å². The van der Waals surface area contributed by atoms with Gasteiger partial charge in [0.2, 0.25) is 5.91 Å². The van der Waals surface area contributed by atoms with Crippen molar-refractivity contribution in [2.45, 2.75) is 19.4 Å². The molecule has 24 heavy (non-hydrogen) atoms. The lowest BCUT2D eigenvalue weighted by Gasteiger charge is -2.17. The Kier molecular flexibility index (Phi) is 6.18. The third kappa shape index (κ3) is 4.98. The Balaban J connectivity index is 1.93. The Hall–Kier alpha value is -2.56. The highest BCUT2D eigenvalue weighted by Crippen LogP contribution is 2.23. The number of carbonyl (C=O) groups is 1. The summed E-state index contributed by atoms with van der Waals surface area (Å²) in [5.41, 5.74) is 1.88. The molecule has 2 rings (SSSR count). The Morgan fingerprint density at radius 1 is 1.00 bits per heavy atom. The van der Waals surface area contributed by atoms with Crippen molar-refractivity contribution in [1.82, 2.24) is 4.90 Å². The lowest BCUT2D eigenvalue weighted by atomic mass is 10.1. The Labute approximate surface area is 141 Å². The fourth-order valence-electron chi connectivity index (χ4n) is 2.40. The van der Waals surface area contributed by atoms with E-state index in [9.17, 15) is 9.18 Å². The van der Waals surface area contributed by atoms with Crippen molar-refractivity contribution in [2.24, 2.45) is 0 Å². The zero-order valence-electron chi connectivity index (χ0n) is 14.2. The quantitative estimate of drug-likeness (QED) is 0.780. The van der Waals surface area contributed by atoms with Gasteiger partial charge in [0.25, 0.3) is 0 Å². The number of hydrogen-bond acceptors (Lipinski definition) is 3. The molecule has 0 aliphatic carbocycles. The van der Waals surface area contributed by atoms with Crippen LogP contribution in [0, 0.1) is 5.82 Å². The molecule has 0 aromatic heterocycles. The van der Waals surface area contributed by atoms with Gasteiger partial charge in [0.1, 0.15) is 17.3 Å². The Bertz CT molecular complexity index is 663. The number of aryl methyl sites for hydroxylation is 1. The minimum absolute atomic E-state index is 0.0288. The number of carbonyl (C=O) groups excluding carboxylic acids is 1. The van der Waals surface area contributed by atoms with Gasteiger partial charge in [0.15, 0.2) is 0 Å². The van der Waals surface area contributed by atoms with Crippen LogP contribution in [0.15, 0.2) is 42.5 Å². The van der Waals surface area contributed by atoms with Crippen molar-refractivity contribution < 1.29 is 18.7 Å². The molecule has 0 bridgehead atoms. The van der Waals surface area contributed by atoms with E-state index in [0.29, 0.717) is 30.9 Å². The molecule has 0 saturated carbocycles. The van der Waals surface area contributed by atoms with Gasteiger partial charge in [-0.3, -0.25) is 4.79 Å². The van der Waals surface area contributed by atoms with E-state index < -0.39 is 0 Å². The summed E-state index contributed by atoms with van der Waals surface area (Å²) < 4.78 is 23.4. The zero-order chi connectivity index (χ0) is 17.5. The lowest BCUT2D eigenvalue weighted by molar-refractivity contribution is -0.130. The molecule has 0 aliphatic heterocycles. The molecule has 0 N–H and O–H groups in total. The van der Waals surface area contributed by atoms with Crippen LogP contribution < -0.4 is 9.47 Å². The second-order valence-electron chi connectivity index (χ2n) is 5.60. The highest BCUT2D eigenvalue weighted by atomic mass is 19.1. The van der Waals surface area contributed by atoms with Crippen LogP contribution in [0.5, 0.6) is 11.5 Å². The highest BCUT2D eigenvalue weighted by Gasteiger charge is 2.11. The maximum Gasteiger partial charge on any atom is 0.222 e. The number of hydrogen-bond donors (Lipinski definition) is 0. The number of nitrogens with zero attached hydrogens (tertiary/aromatic N) is 1. The van der Waals surface area contributed by atoms with Gasteiger partial charge in [-0.2, -0.15) is 0 Å². The summed E-state index contributed by atoms with van der Waals surface area (Å²) in [6.45, 7) is 0.459. The highest BCUT2D eigenvalue weighted by molar-refractivity contribution is 5.76. The summed E-state index contributed by atoms with van der Waals surface area (Å²) in [4.78, 5) is 13.9. The van der Waals surface area contributed by atoms with Crippen molar-refractivity contribution in [3.8, 4) is 11.5 Å². The normalized spacial score (nSPS) is 10.3. The molecule has 128 valence electrons. The van der Waals surface area contributed by atoms with Gasteiger partial charge >= 0.3 is 0 Å². The zero-order valence-corrected chi connectivity index (χ0v) is 14.2. The molecule has 0 radical (unpaired) electrons. The average molecular weight is 331 g/mol. The van der Waals surface area contributed by atoms with E-state index in [1.54, 1.807) is 44.4 Å². The van der Waals surface area contributed by atoms with Gasteiger partial charge in [0.05, 0.1) is 14.2 Å². The van der Waals surface area contributed by atoms with E-state index in [-0.39, 0.29) is 11.7 Å². The van der Waals surface area contributed by atoms with Crippen LogP contribution in [-0.2, 0) is 17.8 Å². The molecule has 0 atom stereocenters. The van der Waals surface area contributed by atoms with Gasteiger partial charge < -0.3 is 14.4 Å². The maximum atomic E-state index is 12.9. The summed E-state index contributed by atoms with van der Waals surface area (Å²) in [7, 11) is 4.94. The van der Waals surface area contributed by atoms with Crippen molar-refractivity contribution >= 4 is 5.91 Å². The summed E-state index contributed by atoms with van der Waals surface area (Å²) in [5.74, 6) is 1.16. The second-order valence-corrected chi connectivity index (χ2v) is 5.60. The molecule has 0 saturated heterocycles. The van der Waals surface area contributed by atoms with Crippen molar-refractivity contribution in [3.05, 3.63) is 59.4 Å². The van der Waals surface area contributed by atoms with Gasteiger partial charge in [0, 0.05) is 26.1 Å². The Morgan fingerprint density at radius 3 is 2.12 bits per heavy atom. The minimum Gasteiger partial charge on any atom is -0.497 e. The summed E-state index contributed by atoms with van der Waals surface area (Å²) in [6.07, 6.45) is 0.980. The standard InChI is InChI=1S/C19H22FNO3/c1-21(13-14-4-7-16(20)8-5-14)19(22)9-6-15-10-17(23-2)12-18(11-15)24-3/h4-5,7-8,10-12H,6,9,13H2,1-3H3. The molecule has 0 spiro atoms. The van der Waals surface area contributed by atoms with E-state index in [0.717, 1.165) is 11.1 Å². The maximum absolute atomic E-state index is 12.9. The van der Waals surface area contributed by atoms with Gasteiger partial charge in [-0.25, -0.2) is 4.39 Å². The molecule has 1 amide bonds.